The average molecular weight is 499 g/mol. The number of aliphatic hydroxyl groups is 1. The van der Waals surface area contributed by atoms with Gasteiger partial charge in [-0.15, -0.1) is 0 Å². The van der Waals surface area contributed by atoms with Crippen molar-refractivity contribution < 1.29 is 24.2 Å². The largest absolute Gasteiger partial charge is 0.462 e. The molecule has 0 radical (unpaired) electrons. The monoisotopic (exact) mass is 498 g/mol. The van der Waals surface area contributed by atoms with Gasteiger partial charge in [-0.25, -0.2) is 0 Å². The lowest BCUT2D eigenvalue weighted by Crippen LogP contribution is -2.28. The fraction of sp³-hybridized carbons (Fsp3) is 0.933. The van der Waals surface area contributed by atoms with Gasteiger partial charge in [-0.1, -0.05) is 124 Å². The van der Waals surface area contributed by atoms with Crippen LogP contribution in [0, 0.1) is 11.8 Å². The second-order valence-corrected chi connectivity index (χ2v) is 11.1. The summed E-state index contributed by atoms with van der Waals surface area (Å²) in [7, 11) is 0. The van der Waals surface area contributed by atoms with Crippen LogP contribution in [-0.4, -0.2) is 36.4 Å². The number of hydrogen-bond acceptors (Lipinski definition) is 5. The maximum atomic E-state index is 12.0. The first-order chi connectivity index (χ1) is 16.8. The third-order valence-corrected chi connectivity index (χ3v) is 6.51. The molecule has 0 aliphatic rings. The molecule has 0 heterocycles. The second-order valence-electron chi connectivity index (χ2n) is 11.1. The Kier molecular flexibility index (Phi) is 23.8. The van der Waals surface area contributed by atoms with E-state index in [0.29, 0.717) is 12.8 Å². The van der Waals surface area contributed by atoms with Crippen LogP contribution in [-0.2, 0) is 19.1 Å². The summed E-state index contributed by atoms with van der Waals surface area (Å²) in [5.41, 5.74) is 0. The summed E-state index contributed by atoms with van der Waals surface area (Å²) in [5.74, 6) is 0.999. The molecule has 0 bridgehead atoms. The molecule has 0 aromatic heterocycles. The SMILES string of the molecule is CC(C)CCCCCCCCCCCC(=O)OC[C@H](CO)OC(=O)CCCCCCCCC(C)C. The summed E-state index contributed by atoms with van der Waals surface area (Å²) < 4.78 is 10.5. The molecule has 0 saturated heterocycles. The number of ether oxygens (including phenoxy) is 2. The fourth-order valence-electron chi connectivity index (χ4n) is 4.22. The summed E-state index contributed by atoms with van der Waals surface area (Å²) >= 11 is 0. The summed E-state index contributed by atoms with van der Waals surface area (Å²) in [6, 6.07) is 0. The maximum Gasteiger partial charge on any atom is 0.306 e. The minimum absolute atomic E-state index is 0.0618. The number of hydrogen-bond donors (Lipinski definition) is 1. The van der Waals surface area contributed by atoms with Crippen molar-refractivity contribution in [1.82, 2.24) is 0 Å². The van der Waals surface area contributed by atoms with Gasteiger partial charge in [-0.3, -0.25) is 9.59 Å². The van der Waals surface area contributed by atoms with Gasteiger partial charge in [0.1, 0.15) is 6.61 Å². The zero-order chi connectivity index (χ0) is 26.2. The quantitative estimate of drug-likeness (QED) is 0.101. The molecule has 35 heavy (non-hydrogen) atoms. The highest BCUT2D eigenvalue weighted by Crippen LogP contribution is 2.14. The van der Waals surface area contributed by atoms with E-state index >= 15 is 0 Å². The van der Waals surface area contributed by atoms with Crippen molar-refractivity contribution in [3.05, 3.63) is 0 Å². The highest BCUT2D eigenvalue weighted by atomic mass is 16.6. The maximum absolute atomic E-state index is 12.0. The minimum Gasteiger partial charge on any atom is -0.462 e. The molecule has 0 aromatic rings. The van der Waals surface area contributed by atoms with Gasteiger partial charge in [0, 0.05) is 12.8 Å². The van der Waals surface area contributed by atoms with E-state index in [0.717, 1.165) is 50.4 Å². The Bertz CT molecular complexity index is 489. The third kappa shape index (κ3) is 25.8. The lowest BCUT2D eigenvalue weighted by Gasteiger charge is -2.15. The Balaban J connectivity index is 3.60. The molecule has 1 N–H and O–H groups in total. The minimum atomic E-state index is -0.761. The molecule has 208 valence electrons. The van der Waals surface area contributed by atoms with Crippen LogP contribution in [0.2, 0.25) is 0 Å². The van der Waals surface area contributed by atoms with E-state index in [1.165, 1.54) is 70.6 Å². The molecule has 0 spiro atoms. The fourth-order valence-corrected chi connectivity index (χ4v) is 4.22. The van der Waals surface area contributed by atoms with Crippen molar-refractivity contribution in [2.75, 3.05) is 13.2 Å². The van der Waals surface area contributed by atoms with Gasteiger partial charge >= 0.3 is 11.9 Å². The van der Waals surface area contributed by atoms with E-state index in [1.807, 2.05) is 0 Å². The molecule has 0 saturated carbocycles. The van der Waals surface area contributed by atoms with Gasteiger partial charge in [-0.05, 0) is 24.7 Å². The van der Waals surface area contributed by atoms with E-state index in [9.17, 15) is 14.7 Å². The van der Waals surface area contributed by atoms with E-state index in [4.69, 9.17) is 9.47 Å². The summed E-state index contributed by atoms with van der Waals surface area (Å²) in [4.78, 5) is 23.9. The standard InChI is InChI=1S/C30H58O5/c1-26(2)20-16-12-8-6-5-7-9-14-18-22-29(32)34-25-28(24-31)35-30(33)23-19-15-11-10-13-17-21-27(3)4/h26-28,31H,5-25H2,1-4H3/t28-/m0/s1. The van der Waals surface area contributed by atoms with Crippen LogP contribution in [0.5, 0.6) is 0 Å². The van der Waals surface area contributed by atoms with Crippen molar-refractivity contribution in [2.24, 2.45) is 11.8 Å². The Labute approximate surface area is 217 Å². The Morgan fingerprint density at radius 3 is 1.34 bits per heavy atom. The van der Waals surface area contributed by atoms with Gasteiger partial charge in [0.25, 0.3) is 0 Å². The zero-order valence-corrected chi connectivity index (χ0v) is 23.7. The van der Waals surface area contributed by atoms with Crippen LogP contribution in [0.4, 0.5) is 0 Å². The predicted molar refractivity (Wildman–Crippen MR) is 145 cm³/mol. The topological polar surface area (TPSA) is 72.8 Å². The number of carbonyl (C=O) groups excluding carboxylic acids is 2. The van der Waals surface area contributed by atoms with Crippen LogP contribution in [0.15, 0.2) is 0 Å². The van der Waals surface area contributed by atoms with E-state index in [1.54, 1.807) is 0 Å². The van der Waals surface area contributed by atoms with E-state index < -0.39 is 6.10 Å². The van der Waals surface area contributed by atoms with Crippen molar-refractivity contribution in [3.63, 3.8) is 0 Å². The van der Waals surface area contributed by atoms with Crippen LogP contribution in [0.3, 0.4) is 0 Å². The summed E-state index contributed by atoms with van der Waals surface area (Å²) in [6.07, 6.45) is 20.3. The highest BCUT2D eigenvalue weighted by Gasteiger charge is 2.16. The Hall–Kier alpha value is -1.10. The first-order valence-corrected chi connectivity index (χ1v) is 14.8. The second kappa shape index (κ2) is 24.6. The van der Waals surface area contributed by atoms with E-state index in [-0.39, 0.29) is 25.2 Å². The molecule has 0 fully saturated rings. The number of carbonyl (C=O) groups is 2. The van der Waals surface area contributed by atoms with Crippen LogP contribution < -0.4 is 0 Å². The molecule has 5 nitrogen and oxygen atoms in total. The summed E-state index contributed by atoms with van der Waals surface area (Å²) in [5, 5.41) is 9.44. The smallest absolute Gasteiger partial charge is 0.306 e. The molecule has 0 aliphatic heterocycles. The van der Waals surface area contributed by atoms with Gasteiger partial charge in [-0.2, -0.15) is 0 Å². The summed E-state index contributed by atoms with van der Waals surface area (Å²) in [6.45, 7) is 8.70. The number of esters is 2. The lowest BCUT2D eigenvalue weighted by atomic mass is 10.0. The van der Waals surface area contributed by atoms with Crippen LogP contribution >= 0.6 is 0 Å². The van der Waals surface area contributed by atoms with Crippen molar-refractivity contribution in [1.29, 1.82) is 0 Å². The molecule has 0 rings (SSSR count). The van der Waals surface area contributed by atoms with Gasteiger partial charge in [0.05, 0.1) is 6.61 Å². The molecule has 0 aromatic carbocycles. The van der Waals surface area contributed by atoms with Crippen molar-refractivity contribution in [3.8, 4) is 0 Å². The average Bonchev–Trinajstić information content (AvgIpc) is 2.81. The van der Waals surface area contributed by atoms with Crippen molar-refractivity contribution >= 4 is 11.9 Å². The molecule has 5 heteroatoms. The van der Waals surface area contributed by atoms with Gasteiger partial charge in [0.15, 0.2) is 6.10 Å². The molecule has 1 atom stereocenters. The lowest BCUT2D eigenvalue weighted by molar-refractivity contribution is -0.161. The Morgan fingerprint density at radius 2 is 0.943 bits per heavy atom. The molecular formula is C30H58O5. The third-order valence-electron chi connectivity index (χ3n) is 6.51. The predicted octanol–water partition coefficient (Wildman–Crippen LogP) is 8.16. The molecule has 0 unspecified atom stereocenters. The van der Waals surface area contributed by atoms with Gasteiger partial charge in [0.2, 0.25) is 0 Å². The number of rotatable bonds is 25. The zero-order valence-electron chi connectivity index (χ0n) is 23.7. The Morgan fingerprint density at radius 1 is 0.571 bits per heavy atom. The number of aliphatic hydroxyl groups excluding tert-OH is 1. The van der Waals surface area contributed by atoms with E-state index in [2.05, 4.69) is 27.7 Å². The van der Waals surface area contributed by atoms with Crippen LogP contribution in [0.25, 0.3) is 0 Å². The molecule has 0 aliphatic carbocycles. The normalized spacial score (nSPS) is 12.3. The van der Waals surface area contributed by atoms with Crippen LogP contribution in [0.1, 0.15) is 150 Å². The highest BCUT2D eigenvalue weighted by molar-refractivity contribution is 5.70. The molecular weight excluding hydrogens is 440 g/mol. The molecule has 0 amide bonds. The number of unbranched alkanes of at least 4 members (excludes halogenated alkanes) is 13. The first kappa shape index (κ1) is 33.9. The first-order valence-electron chi connectivity index (χ1n) is 14.8. The van der Waals surface area contributed by atoms with Crippen molar-refractivity contribution in [2.45, 2.75) is 156 Å². The van der Waals surface area contributed by atoms with Gasteiger partial charge < -0.3 is 14.6 Å².